The highest BCUT2D eigenvalue weighted by atomic mass is 32.1. The minimum absolute atomic E-state index is 0.332. The van der Waals surface area contributed by atoms with Crippen LogP contribution in [0.5, 0.6) is 0 Å². The lowest BCUT2D eigenvalue weighted by Crippen LogP contribution is -2.21. The number of ether oxygens (including phenoxy) is 2. The fourth-order valence-electron chi connectivity index (χ4n) is 1.27. The molecule has 1 rings (SSSR count). The van der Waals surface area contributed by atoms with Gasteiger partial charge in [-0.3, -0.25) is 0 Å². The molecule has 0 amide bonds. The molecule has 1 heterocycles. The molecule has 0 bridgehead atoms. The van der Waals surface area contributed by atoms with Crippen LogP contribution in [0.3, 0.4) is 0 Å². The van der Waals surface area contributed by atoms with E-state index in [0.717, 1.165) is 24.6 Å². The van der Waals surface area contributed by atoms with Crippen LogP contribution in [-0.4, -0.2) is 38.5 Å². The van der Waals surface area contributed by atoms with Gasteiger partial charge in [0.05, 0.1) is 19.3 Å². The van der Waals surface area contributed by atoms with Crippen LogP contribution in [0.1, 0.15) is 24.4 Å². The summed E-state index contributed by atoms with van der Waals surface area (Å²) in [5, 5.41) is 6.55. The molecule has 1 atom stereocenters. The lowest BCUT2D eigenvalue weighted by Gasteiger charge is -2.10. The van der Waals surface area contributed by atoms with Gasteiger partial charge in [-0.1, -0.05) is 0 Å². The highest BCUT2D eigenvalue weighted by molar-refractivity contribution is 7.09. The summed E-state index contributed by atoms with van der Waals surface area (Å²) in [5.74, 6) is 0. The van der Waals surface area contributed by atoms with Gasteiger partial charge in [0, 0.05) is 25.3 Å². The van der Waals surface area contributed by atoms with Gasteiger partial charge < -0.3 is 14.8 Å². The predicted octanol–water partition coefficient (Wildman–Crippen LogP) is 1.85. The van der Waals surface area contributed by atoms with E-state index in [1.165, 1.54) is 0 Å². The number of thiazole rings is 1. The number of nitrogens with zero attached hydrogens (tertiary/aromatic N) is 1. The van der Waals surface area contributed by atoms with E-state index in [9.17, 15) is 0 Å². The van der Waals surface area contributed by atoms with Crippen molar-refractivity contribution in [3.8, 4) is 0 Å². The fourth-order valence-corrected chi connectivity index (χ4v) is 1.94. The number of aromatic nitrogens is 1. The molecule has 0 saturated heterocycles. The quantitative estimate of drug-likeness (QED) is 0.673. The molecule has 0 aliphatic carbocycles. The zero-order valence-corrected chi connectivity index (χ0v) is 10.8. The molecule has 1 aromatic rings. The molecule has 0 spiro atoms. The fraction of sp³-hybridized carbons (Fsp3) is 0.727. The Morgan fingerprint density at radius 1 is 1.44 bits per heavy atom. The molecule has 0 fully saturated rings. The summed E-state index contributed by atoms with van der Waals surface area (Å²) < 4.78 is 10.3. The third kappa shape index (κ3) is 5.55. The first-order valence-electron chi connectivity index (χ1n) is 5.54. The molecular weight excluding hydrogens is 224 g/mol. The Kier molecular flexibility index (Phi) is 7.33. The Bertz CT molecular complexity index is 254. The van der Waals surface area contributed by atoms with Crippen LogP contribution in [0.15, 0.2) is 11.6 Å². The van der Waals surface area contributed by atoms with Gasteiger partial charge in [-0.2, -0.15) is 0 Å². The highest BCUT2D eigenvalue weighted by Crippen LogP contribution is 2.14. The largest absolute Gasteiger partial charge is 0.382 e. The molecule has 1 N–H and O–H groups in total. The minimum atomic E-state index is 0.332. The first-order valence-corrected chi connectivity index (χ1v) is 6.42. The third-order valence-electron chi connectivity index (χ3n) is 2.17. The van der Waals surface area contributed by atoms with Crippen molar-refractivity contribution >= 4 is 11.3 Å². The number of methoxy groups -OCH3 is 1. The first-order chi connectivity index (χ1) is 7.84. The lowest BCUT2D eigenvalue weighted by atomic mass is 10.3. The van der Waals surface area contributed by atoms with E-state index < -0.39 is 0 Å². The van der Waals surface area contributed by atoms with E-state index in [1.807, 2.05) is 11.6 Å². The lowest BCUT2D eigenvalue weighted by molar-refractivity contribution is 0.0693. The Balaban J connectivity index is 1.95. The van der Waals surface area contributed by atoms with Crippen LogP contribution < -0.4 is 5.32 Å². The maximum Gasteiger partial charge on any atom is 0.109 e. The van der Waals surface area contributed by atoms with E-state index in [1.54, 1.807) is 18.4 Å². The van der Waals surface area contributed by atoms with Crippen molar-refractivity contribution in [1.82, 2.24) is 10.3 Å². The van der Waals surface area contributed by atoms with Gasteiger partial charge in [-0.25, -0.2) is 4.98 Å². The maximum absolute atomic E-state index is 5.37. The standard InChI is InChI=1S/C11H20N2O2S/c1-10(11-13-5-9-16-11)12-4-3-6-15-8-7-14-2/h5,9-10,12H,3-4,6-8H2,1-2H3. The van der Waals surface area contributed by atoms with Gasteiger partial charge in [0.15, 0.2) is 0 Å². The molecule has 0 saturated carbocycles. The Morgan fingerprint density at radius 3 is 3.00 bits per heavy atom. The average Bonchev–Trinajstić information content (AvgIpc) is 2.81. The van der Waals surface area contributed by atoms with E-state index >= 15 is 0 Å². The number of hydrogen-bond donors (Lipinski definition) is 1. The third-order valence-corrected chi connectivity index (χ3v) is 3.13. The van der Waals surface area contributed by atoms with Crippen LogP contribution in [0, 0.1) is 0 Å². The number of nitrogens with one attached hydrogen (secondary N) is 1. The van der Waals surface area contributed by atoms with Crippen LogP contribution in [0.2, 0.25) is 0 Å². The average molecular weight is 244 g/mol. The second-order valence-corrected chi connectivity index (χ2v) is 4.43. The predicted molar refractivity (Wildman–Crippen MR) is 65.8 cm³/mol. The van der Waals surface area contributed by atoms with Crippen molar-refractivity contribution in [1.29, 1.82) is 0 Å². The summed E-state index contributed by atoms with van der Waals surface area (Å²) in [4.78, 5) is 4.26. The van der Waals surface area contributed by atoms with E-state index in [4.69, 9.17) is 9.47 Å². The van der Waals surface area contributed by atoms with Crippen molar-refractivity contribution in [2.75, 3.05) is 33.5 Å². The molecule has 16 heavy (non-hydrogen) atoms. The number of hydrogen-bond acceptors (Lipinski definition) is 5. The van der Waals surface area contributed by atoms with Crippen LogP contribution in [0.4, 0.5) is 0 Å². The van der Waals surface area contributed by atoms with Crippen LogP contribution >= 0.6 is 11.3 Å². The molecule has 4 nitrogen and oxygen atoms in total. The topological polar surface area (TPSA) is 43.4 Å². The van der Waals surface area contributed by atoms with Crippen molar-refractivity contribution in [2.45, 2.75) is 19.4 Å². The van der Waals surface area contributed by atoms with Crippen LogP contribution in [-0.2, 0) is 9.47 Å². The summed E-state index contributed by atoms with van der Waals surface area (Å²) in [6.45, 7) is 5.21. The van der Waals surface area contributed by atoms with Crippen molar-refractivity contribution in [3.63, 3.8) is 0 Å². The van der Waals surface area contributed by atoms with Crippen molar-refractivity contribution in [3.05, 3.63) is 16.6 Å². The molecule has 92 valence electrons. The molecular formula is C11H20N2O2S. The molecule has 0 radical (unpaired) electrons. The summed E-state index contributed by atoms with van der Waals surface area (Å²) in [7, 11) is 1.68. The van der Waals surface area contributed by atoms with E-state index in [2.05, 4.69) is 17.2 Å². The second-order valence-electron chi connectivity index (χ2n) is 3.50. The van der Waals surface area contributed by atoms with Gasteiger partial charge in [-0.05, 0) is 19.9 Å². The molecule has 1 aromatic heterocycles. The van der Waals surface area contributed by atoms with Gasteiger partial charge >= 0.3 is 0 Å². The Labute approximate surface area is 101 Å². The molecule has 0 aliphatic rings. The summed E-state index contributed by atoms with van der Waals surface area (Å²) in [5.41, 5.74) is 0. The molecule has 0 aliphatic heterocycles. The zero-order chi connectivity index (χ0) is 11.6. The van der Waals surface area contributed by atoms with Gasteiger partial charge in [0.25, 0.3) is 0 Å². The molecule has 5 heteroatoms. The van der Waals surface area contributed by atoms with Gasteiger partial charge in [0.2, 0.25) is 0 Å². The monoisotopic (exact) mass is 244 g/mol. The summed E-state index contributed by atoms with van der Waals surface area (Å²) in [6, 6.07) is 0.332. The molecule has 1 unspecified atom stereocenters. The normalized spacial score (nSPS) is 12.9. The molecule has 0 aromatic carbocycles. The smallest absolute Gasteiger partial charge is 0.109 e. The van der Waals surface area contributed by atoms with Gasteiger partial charge in [-0.15, -0.1) is 11.3 Å². The minimum Gasteiger partial charge on any atom is -0.382 e. The second kappa shape index (κ2) is 8.64. The zero-order valence-electron chi connectivity index (χ0n) is 9.94. The maximum atomic E-state index is 5.37. The summed E-state index contributed by atoms with van der Waals surface area (Å²) >= 11 is 1.68. The first kappa shape index (κ1) is 13.6. The van der Waals surface area contributed by atoms with Crippen molar-refractivity contribution in [2.24, 2.45) is 0 Å². The van der Waals surface area contributed by atoms with E-state index in [-0.39, 0.29) is 0 Å². The van der Waals surface area contributed by atoms with Crippen molar-refractivity contribution < 1.29 is 9.47 Å². The van der Waals surface area contributed by atoms with Crippen LogP contribution in [0.25, 0.3) is 0 Å². The SMILES string of the molecule is COCCOCCCNC(C)c1nccs1. The highest BCUT2D eigenvalue weighted by Gasteiger charge is 2.05. The Morgan fingerprint density at radius 2 is 2.31 bits per heavy atom. The van der Waals surface area contributed by atoms with E-state index in [0.29, 0.717) is 19.3 Å². The number of rotatable bonds is 9. The summed E-state index contributed by atoms with van der Waals surface area (Å²) in [6.07, 6.45) is 2.85. The Hall–Kier alpha value is -0.490. The van der Waals surface area contributed by atoms with Gasteiger partial charge in [0.1, 0.15) is 5.01 Å².